The normalized spacial score (nSPS) is 15.1. The number of hydrogen-bond acceptors (Lipinski definition) is 5. The third kappa shape index (κ3) is 6.04. The van der Waals surface area contributed by atoms with Crippen molar-refractivity contribution in [3.05, 3.63) is 81.8 Å². The fraction of sp³-hybridized carbons (Fsp3) is 0.259. The highest BCUT2D eigenvalue weighted by Gasteiger charge is 2.35. The van der Waals surface area contributed by atoms with Gasteiger partial charge in [0.25, 0.3) is 0 Å². The summed E-state index contributed by atoms with van der Waals surface area (Å²) in [7, 11) is 1.51. The fourth-order valence-corrected chi connectivity index (χ4v) is 4.34. The zero-order chi connectivity index (χ0) is 25.7. The number of nitrogens with zero attached hydrogens (tertiary/aromatic N) is 1. The highest BCUT2D eigenvalue weighted by atomic mass is 35.5. The van der Waals surface area contributed by atoms with E-state index in [2.05, 4.69) is 17.8 Å². The minimum Gasteiger partial charge on any atom is -0.493 e. The number of methoxy groups -OCH3 is 1. The number of amides is 2. The molecule has 0 spiro atoms. The molecule has 0 aliphatic carbocycles. The molecule has 1 saturated heterocycles. The van der Waals surface area contributed by atoms with Gasteiger partial charge < -0.3 is 14.4 Å². The van der Waals surface area contributed by atoms with Gasteiger partial charge in [0.05, 0.1) is 23.7 Å². The molecule has 0 radical (unpaired) electrons. The van der Waals surface area contributed by atoms with Gasteiger partial charge in [0.2, 0.25) is 11.8 Å². The number of rotatable bonds is 9. The number of carbonyl (C=O) groups excluding carboxylic acids is 2. The summed E-state index contributed by atoms with van der Waals surface area (Å²) in [5.41, 5.74) is 8.97. The molecule has 9 heteroatoms. The molecule has 3 aromatic rings. The average molecular weight is 528 g/mol. The number of ether oxygens (including phenoxy) is 2. The first-order valence-corrected chi connectivity index (χ1v) is 12.3. The van der Waals surface area contributed by atoms with E-state index in [1.165, 1.54) is 12.7 Å². The van der Waals surface area contributed by atoms with E-state index in [4.69, 9.17) is 32.7 Å². The highest BCUT2D eigenvalue weighted by molar-refractivity contribution is 6.32. The van der Waals surface area contributed by atoms with Crippen LogP contribution in [0.5, 0.6) is 11.5 Å². The van der Waals surface area contributed by atoms with E-state index in [0.717, 1.165) is 17.7 Å². The quantitative estimate of drug-likeness (QED) is 0.352. The minimum absolute atomic E-state index is 0.0775. The van der Waals surface area contributed by atoms with Crippen LogP contribution in [0.2, 0.25) is 10.0 Å². The molecular formula is C27H27Cl2N3O4. The van der Waals surface area contributed by atoms with Gasteiger partial charge in [-0.3, -0.25) is 20.4 Å². The van der Waals surface area contributed by atoms with Crippen LogP contribution >= 0.6 is 23.2 Å². The third-order valence-electron chi connectivity index (χ3n) is 6.01. The van der Waals surface area contributed by atoms with E-state index < -0.39 is 5.92 Å². The van der Waals surface area contributed by atoms with Crippen LogP contribution in [0.25, 0.3) is 0 Å². The summed E-state index contributed by atoms with van der Waals surface area (Å²) in [4.78, 5) is 27.0. The van der Waals surface area contributed by atoms with Crippen LogP contribution in [-0.2, 0) is 22.6 Å². The molecule has 4 rings (SSSR count). The maximum Gasteiger partial charge on any atom is 0.243 e. The lowest BCUT2D eigenvalue weighted by atomic mass is 10.1. The largest absolute Gasteiger partial charge is 0.493 e. The molecule has 188 valence electrons. The molecular weight excluding hydrogens is 501 g/mol. The molecule has 1 fully saturated rings. The molecule has 36 heavy (non-hydrogen) atoms. The van der Waals surface area contributed by atoms with Crippen molar-refractivity contribution in [3.8, 4) is 11.5 Å². The second kappa shape index (κ2) is 11.5. The molecule has 0 saturated carbocycles. The number of halogens is 2. The molecule has 2 N–H and O–H groups in total. The lowest BCUT2D eigenvalue weighted by molar-refractivity contribution is -0.125. The van der Waals surface area contributed by atoms with Crippen molar-refractivity contribution in [2.24, 2.45) is 5.92 Å². The molecule has 7 nitrogen and oxygen atoms in total. The van der Waals surface area contributed by atoms with E-state index >= 15 is 0 Å². The summed E-state index contributed by atoms with van der Waals surface area (Å²) in [5.74, 6) is -0.0428. The van der Waals surface area contributed by atoms with E-state index in [1.807, 2.05) is 36.4 Å². The van der Waals surface area contributed by atoms with E-state index in [9.17, 15) is 9.59 Å². The van der Waals surface area contributed by atoms with Gasteiger partial charge in [0, 0.05) is 29.7 Å². The predicted octanol–water partition coefficient (Wildman–Crippen LogP) is 5.64. The van der Waals surface area contributed by atoms with Gasteiger partial charge in [-0.2, -0.15) is 0 Å². The van der Waals surface area contributed by atoms with Gasteiger partial charge in [-0.25, -0.2) is 0 Å². The Morgan fingerprint density at radius 1 is 1.06 bits per heavy atom. The summed E-state index contributed by atoms with van der Waals surface area (Å²) in [6.07, 6.45) is 1.07. The zero-order valence-corrected chi connectivity index (χ0v) is 21.5. The highest BCUT2D eigenvalue weighted by Crippen LogP contribution is 2.38. The van der Waals surface area contributed by atoms with Crippen LogP contribution in [0.15, 0.2) is 60.7 Å². The second-order valence-corrected chi connectivity index (χ2v) is 9.29. The van der Waals surface area contributed by atoms with Crippen LogP contribution in [0.1, 0.15) is 24.5 Å². The van der Waals surface area contributed by atoms with E-state index in [1.54, 1.807) is 29.2 Å². The van der Waals surface area contributed by atoms with Crippen molar-refractivity contribution >= 4 is 46.4 Å². The van der Waals surface area contributed by atoms with Crippen molar-refractivity contribution in [3.63, 3.8) is 0 Å². The molecule has 1 heterocycles. The van der Waals surface area contributed by atoms with Crippen LogP contribution in [0.3, 0.4) is 0 Å². The number of hydrazine groups is 1. The van der Waals surface area contributed by atoms with Crippen LogP contribution in [0, 0.1) is 5.92 Å². The Bertz CT molecular complexity index is 1230. The summed E-state index contributed by atoms with van der Waals surface area (Å²) in [5, 5.41) is 0.963. The maximum absolute atomic E-state index is 12.8. The van der Waals surface area contributed by atoms with Crippen molar-refractivity contribution in [2.75, 3.05) is 24.0 Å². The Hall–Kier alpha value is -3.42. The lowest BCUT2D eigenvalue weighted by Crippen LogP contribution is -2.36. The molecule has 1 aliphatic rings. The van der Waals surface area contributed by atoms with Gasteiger partial charge in [-0.05, 0) is 47.9 Å². The molecule has 0 aromatic heterocycles. The number of aryl methyl sites for hydroxylation is 1. The first kappa shape index (κ1) is 25.7. The van der Waals surface area contributed by atoms with Gasteiger partial charge in [-0.1, -0.05) is 54.4 Å². The van der Waals surface area contributed by atoms with Crippen LogP contribution < -0.4 is 25.2 Å². The average Bonchev–Trinajstić information content (AvgIpc) is 3.29. The van der Waals surface area contributed by atoms with Crippen molar-refractivity contribution in [1.82, 2.24) is 5.43 Å². The molecule has 0 unspecified atom stereocenters. The molecule has 1 aliphatic heterocycles. The van der Waals surface area contributed by atoms with E-state index in [0.29, 0.717) is 33.8 Å². The molecule has 2 amide bonds. The zero-order valence-electron chi connectivity index (χ0n) is 20.0. The van der Waals surface area contributed by atoms with Gasteiger partial charge in [0.1, 0.15) is 6.61 Å². The lowest BCUT2D eigenvalue weighted by Gasteiger charge is -2.18. The number of anilines is 2. The number of nitrogens with one attached hydrogen (secondary N) is 2. The summed E-state index contributed by atoms with van der Waals surface area (Å²) in [6, 6.07) is 18.4. The van der Waals surface area contributed by atoms with Gasteiger partial charge in [0.15, 0.2) is 11.5 Å². The first-order valence-electron chi connectivity index (χ1n) is 11.6. The summed E-state index contributed by atoms with van der Waals surface area (Å²) >= 11 is 12.4. The maximum atomic E-state index is 12.8. The smallest absolute Gasteiger partial charge is 0.243 e. The minimum atomic E-state index is -0.477. The molecule has 0 bridgehead atoms. The monoisotopic (exact) mass is 527 g/mol. The Labute approximate surface area is 220 Å². The van der Waals surface area contributed by atoms with Crippen LogP contribution in [-0.4, -0.2) is 25.5 Å². The molecule has 1 atom stereocenters. The Balaban J connectivity index is 1.36. The Morgan fingerprint density at radius 2 is 1.75 bits per heavy atom. The third-order valence-corrected chi connectivity index (χ3v) is 6.54. The van der Waals surface area contributed by atoms with Crippen molar-refractivity contribution in [2.45, 2.75) is 26.4 Å². The van der Waals surface area contributed by atoms with Gasteiger partial charge in [-0.15, -0.1) is 0 Å². The van der Waals surface area contributed by atoms with Gasteiger partial charge >= 0.3 is 0 Å². The Kier molecular flexibility index (Phi) is 8.23. The first-order chi connectivity index (χ1) is 17.4. The number of carbonyl (C=O) groups is 2. The Morgan fingerprint density at radius 3 is 2.42 bits per heavy atom. The standard InChI is InChI=1S/C27H27Cl2N3O4/c1-3-17-6-10-22(11-7-17)32-15-19(12-25(32)33)27(34)31-30-21-13-23(29)26(24(14-21)35-2)36-16-18-4-8-20(28)9-5-18/h4-11,13-14,19,30H,3,12,15-16H2,1-2H3,(H,31,34)/t19-/m0/s1. The predicted molar refractivity (Wildman–Crippen MR) is 142 cm³/mol. The second-order valence-electron chi connectivity index (χ2n) is 8.44. The fourth-order valence-electron chi connectivity index (χ4n) is 3.95. The summed E-state index contributed by atoms with van der Waals surface area (Å²) < 4.78 is 11.3. The van der Waals surface area contributed by atoms with Crippen molar-refractivity contribution < 1.29 is 19.1 Å². The number of hydrogen-bond donors (Lipinski definition) is 2. The molecule has 3 aromatic carbocycles. The van der Waals surface area contributed by atoms with Crippen molar-refractivity contribution in [1.29, 1.82) is 0 Å². The van der Waals surface area contributed by atoms with Crippen LogP contribution in [0.4, 0.5) is 11.4 Å². The SMILES string of the molecule is CCc1ccc(N2C[C@@H](C(=O)NNc3cc(Cl)c(OCc4ccc(Cl)cc4)c(OC)c3)CC2=O)cc1. The topological polar surface area (TPSA) is 79.9 Å². The van der Waals surface area contributed by atoms with E-state index in [-0.39, 0.29) is 24.8 Å². The number of benzene rings is 3. The summed E-state index contributed by atoms with van der Waals surface area (Å²) in [6.45, 7) is 2.68.